The maximum absolute atomic E-state index is 11.6. The highest BCUT2D eigenvalue weighted by Crippen LogP contribution is 2.25. The van der Waals surface area contributed by atoms with E-state index in [4.69, 9.17) is 4.74 Å². The van der Waals surface area contributed by atoms with Crippen molar-refractivity contribution >= 4 is 11.6 Å². The summed E-state index contributed by atoms with van der Waals surface area (Å²) in [6.07, 6.45) is 4.66. The number of aryl methyl sites for hydroxylation is 1. The molecule has 4 heteroatoms. The van der Waals surface area contributed by atoms with Gasteiger partial charge in [0.1, 0.15) is 5.65 Å². The number of nitrogens with zero attached hydrogens (tertiary/aromatic N) is 2. The van der Waals surface area contributed by atoms with E-state index in [0.717, 1.165) is 17.8 Å². The second kappa shape index (κ2) is 5.40. The maximum atomic E-state index is 11.6. The van der Waals surface area contributed by atoms with E-state index < -0.39 is 0 Å². The zero-order valence-electron chi connectivity index (χ0n) is 12.0. The van der Waals surface area contributed by atoms with Gasteiger partial charge in [0.05, 0.1) is 24.6 Å². The van der Waals surface area contributed by atoms with Crippen LogP contribution in [0, 0.1) is 0 Å². The fourth-order valence-electron chi connectivity index (χ4n) is 2.50. The summed E-state index contributed by atoms with van der Waals surface area (Å²) in [6.45, 7) is 2.14. The number of benzene rings is 1. The number of carbonyl (C=O) groups is 1. The largest absolute Gasteiger partial charge is 0.465 e. The minimum Gasteiger partial charge on any atom is -0.465 e. The molecule has 0 atom stereocenters. The molecule has 0 bridgehead atoms. The lowest BCUT2D eigenvalue weighted by molar-refractivity contribution is 0.0600. The molecule has 0 fully saturated rings. The minimum absolute atomic E-state index is 0.351. The Morgan fingerprint density at radius 3 is 2.86 bits per heavy atom. The number of carbonyl (C=O) groups excluding carboxylic acids is 1. The fraction of sp³-hybridized carbons (Fsp3) is 0.176. The highest BCUT2D eigenvalue weighted by molar-refractivity contribution is 5.90. The van der Waals surface area contributed by atoms with E-state index in [9.17, 15) is 4.79 Å². The zero-order chi connectivity index (χ0) is 14.8. The van der Waals surface area contributed by atoms with Crippen molar-refractivity contribution in [2.75, 3.05) is 7.11 Å². The molecule has 0 saturated heterocycles. The number of hydrogen-bond acceptors (Lipinski definition) is 3. The monoisotopic (exact) mass is 280 g/mol. The Kier molecular flexibility index (Phi) is 3.44. The number of hydrogen-bond donors (Lipinski definition) is 0. The quantitative estimate of drug-likeness (QED) is 0.691. The van der Waals surface area contributed by atoms with Crippen LogP contribution in [0.1, 0.15) is 22.8 Å². The average molecular weight is 280 g/mol. The Hall–Kier alpha value is -2.62. The highest BCUT2D eigenvalue weighted by atomic mass is 16.5. The van der Waals surface area contributed by atoms with Gasteiger partial charge in [-0.3, -0.25) is 4.40 Å². The molecule has 0 radical (unpaired) electrons. The van der Waals surface area contributed by atoms with E-state index in [0.29, 0.717) is 5.56 Å². The van der Waals surface area contributed by atoms with E-state index in [-0.39, 0.29) is 5.97 Å². The van der Waals surface area contributed by atoms with Crippen molar-refractivity contribution in [3.63, 3.8) is 0 Å². The summed E-state index contributed by atoms with van der Waals surface area (Å²) in [7, 11) is 1.38. The van der Waals surface area contributed by atoms with Crippen LogP contribution in [0.4, 0.5) is 0 Å². The Labute approximate surface area is 123 Å². The van der Waals surface area contributed by atoms with E-state index in [2.05, 4.69) is 24.0 Å². The number of esters is 1. The van der Waals surface area contributed by atoms with Crippen LogP contribution in [0.25, 0.3) is 16.9 Å². The molecule has 0 spiro atoms. The van der Waals surface area contributed by atoms with Gasteiger partial charge in [0.25, 0.3) is 0 Å². The third kappa shape index (κ3) is 2.29. The van der Waals surface area contributed by atoms with Crippen LogP contribution in [-0.2, 0) is 11.2 Å². The molecule has 21 heavy (non-hydrogen) atoms. The van der Waals surface area contributed by atoms with E-state index in [1.807, 2.05) is 28.9 Å². The van der Waals surface area contributed by atoms with Gasteiger partial charge in [-0.25, -0.2) is 9.78 Å². The molecule has 0 aliphatic rings. The Morgan fingerprint density at radius 1 is 1.29 bits per heavy atom. The van der Waals surface area contributed by atoms with Crippen LogP contribution in [0.3, 0.4) is 0 Å². The van der Waals surface area contributed by atoms with Crippen molar-refractivity contribution in [1.82, 2.24) is 9.38 Å². The number of ether oxygens (including phenoxy) is 1. The van der Waals surface area contributed by atoms with Crippen LogP contribution in [0.2, 0.25) is 0 Å². The molecule has 2 aromatic heterocycles. The molecule has 0 N–H and O–H groups in total. The number of fused-ring (bicyclic) bond motifs is 1. The number of aromatic nitrogens is 2. The Bertz CT molecular complexity index is 805. The molecule has 106 valence electrons. The first kappa shape index (κ1) is 13.4. The predicted molar refractivity (Wildman–Crippen MR) is 81.3 cm³/mol. The summed E-state index contributed by atoms with van der Waals surface area (Å²) in [6, 6.07) is 11.8. The summed E-state index contributed by atoms with van der Waals surface area (Å²) >= 11 is 0. The van der Waals surface area contributed by atoms with Gasteiger partial charge in [0.15, 0.2) is 0 Å². The van der Waals surface area contributed by atoms with Crippen LogP contribution >= 0.6 is 0 Å². The van der Waals surface area contributed by atoms with Crippen molar-refractivity contribution in [1.29, 1.82) is 0 Å². The lowest BCUT2D eigenvalue weighted by Crippen LogP contribution is -2.02. The van der Waals surface area contributed by atoms with Crippen molar-refractivity contribution in [2.24, 2.45) is 0 Å². The van der Waals surface area contributed by atoms with Gasteiger partial charge >= 0.3 is 5.97 Å². The molecule has 3 rings (SSSR count). The molecule has 1 aromatic carbocycles. The molecule has 0 aliphatic heterocycles. The highest BCUT2D eigenvalue weighted by Gasteiger charge is 2.11. The van der Waals surface area contributed by atoms with Crippen molar-refractivity contribution in [3.05, 3.63) is 59.9 Å². The molecule has 0 unspecified atom stereocenters. The predicted octanol–water partition coefficient (Wildman–Crippen LogP) is 3.35. The minimum atomic E-state index is -0.351. The number of rotatable bonds is 3. The third-order valence-corrected chi connectivity index (χ3v) is 3.61. The molecule has 0 aliphatic carbocycles. The Balaban J connectivity index is 2.15. The van der Waals surface area contributed by atoms with Gasteiger partial charge in [-0.2, -0.15) is 0 Å². The summed E-state index contributed by atoms with van der Waals surface area (Å²) in [4.78, 5) is 16.0. The fourth-order valence-corrected chi connectivity index (χ4v) is 2.50. The molecule has 0 amide bonds. The summed E-state index contributed by atoms with van der Waals surface area (Å²) in [5.41, 5.74) is 4.71. The summed E-state index contributed by atoms with van der Waals surface area (Å²) < 4.78 is 6.72. The lowest BCUT2D eigenvalue weighted by Gasteiger charge is -2.08. The van der Waals surface area contributed by atoms with Crippen LogP contribution < -0.4 is 0 Å². The number of pyridine rings is 1. The summed E-state index contributed by atoms with van der Waals surface area (Å²) in [5.74, 6) is -0.351. The third-order valence-electron chi connectivity index (χ3n) is 3.61. The van der Waals surface area contributed by atoms with Gasteiger partial charge in [0, 0.05) is 11.8 Å². The van der Waals surface area contributed by atoms with Gasteiger partial charge in [-0.05, 0) is 24.1 Å². The van der Waals surface area contributed by atoms with Crippen molar-refractivity contribution < 1.29 is 9.53 Å². The average Bonchev–Trinajstić information content (AvgIpc) is 2.96. The van der Waals surface area contributed by atoms with Crippen LogP contribution in [-0.4, -0.2) is 22.5 Å². The van der Waals surface area contributed by atoms with Gasteiger partial charge in [-0.15, -0.1) is 0 Å². The molecule has 3 aromatic rings. The normalized spacial score (nSPS) is 10.8. The standard InChI is InChI=1S/C17H16N2O2/c1-3-12-6-4-5-7-14(12)15-11-18-16-10-13(17(20)21-2)8-9-19(15)16/h4-11H,3H2,1-2H3. The van der Waals surface area contributed by atoms with Gasteiger partial charge in [-0.1, -0.05) is 31.2 Å². The smallest absolute Gasteiger partial charge is 0.338 e. The van der Waals surface area contributed by atoms with E-state index in [1.54, 1.807) is 12.1 Å². The molecular weight excluding hydrogens is 264 g/mol. The topological polar surface area (TPSA) is 43.6 Å². The van der Waals surface area contributed by atoms with Gasteiger partial charge < -0.3 is 4.74 Å². The first-order valence-electron chi connectivity index (χ1n) is 6.88. The number of methoxy groups -OCH3 is 1. The van der Waals surface area contributed by atoms with E-state index in [1.165, 1.54) is 18.2 Å². The first-order valence-corrected chi connectivity index (χ1v) is 6.88. The summed E-state index contributed by atoms with van der Waals surface area (Å²) in [5, 5.41) is 0. The SMILES string of the molecule is CCc1ccccc1-c1cnc2cc(C(=O)OC)ccn12. The van der Waals surface area contributed by atoms with Crippen molar-refractivity contribution in [2.45, 2.75) is 13.3 Å². The van der Waals surface area contributed by atoms with Crippen LogP contribution in [0.5, 0.6) is 0 Å². The molecular formula is C17H16N2O2. The van der Waals surface area contributed by atoms with Crippen LogP contribution in [0.15, 0.2) is 48.8 Å². The second-order valence-corrected chi connectivity index (χ2v) is 4.79. The molecule has 4 nitrogen and oxygen atoms in total. The first-order chi connectivity index (χ1) is 10.2. The Morgan fingerprint density at radius 2 is 2.10 bits per heavy atom. The van der Waals surface area contributed by atoms with Gasteiger partial charge in [0.2, 0.25) is 0 Å². The zero-order valence-corrected chi connectivity index (χ0v) is 12.0. The number of imidazole rings is 1. The molecule has 0 saturated carbocycles. The second-order valence-electron chi connectivity index (χ2n) is 4.79. The maximum Gasteiger partial charge on any atom is 0.338 e. The van der Waals surface area contributed by atoms with Crippen molar-refractivity contribution in [3.8, 4) is 11.3 Å². The lowest BCUT2D eigenvalue weighted by atomic mass is 10.0. The van der Waals surface area contributed by atoms with E-state index >= 15 is 0 Å². The molecule has 2 heterocycles.